The maximum Gasteiger partial charge on any atom is 0.144 e. The molecule has 114 valence electrons. The third-order valence-electron chi connectivity index (χ3n) is 4.47. The van der Waals surface area contributed by atoms with Crippen molar-refractivity contribution in [3.63, 3.8) is 0 Å². The summed E-state index contributed by atoms with van der Waals surface area (Å²) in [6.07, 6.45) is 4.63. The van der Waals surface area contributed by atoms with Crippen LogP contribution in [0.15, 0.2) is 12.1 Å². The molecule has 0 aliphatic heterocycles. The maximum absolute atomic E-state index is 13.7. The number of imidazole rings is 1. The molecular formula is C16H19Cl2FN2. The number of hydrogen-bond donors (Lipinski definition) is 0. The number of aromatic nitrogens is 2. The first-order valence-corrected chi connectivity index (χ1v) is 8.29. The van der Waals surface area contributed by atoms with Crippen molar-refractivity contribution in [3.8, 4) is 0 Å². The lowest BCUT2D eigenvalue weighted by Gasteiger charge is -2.29. The number of rotatable bonds is 2. The number of alkyl halides is 1. The average Bonchev–Trinajstić information content (AvgIpc) is 2.79. The molecule has 1 aromatic carbocycles. The summed E-state index contributed by atoms with van der Waals surface area (Å²) in [6.45, 7) is 4.20. The molecule has 0 bridgehead atoms. The van der Waals surface area contributed by atoms with E-state index in [0.717, 1.165) is 30.1 Å². The molecule has 1 aliphatic carbocycles. The topological polar surface area (TPSA) is 17.8 Å². The van der Waals surface area contributed by atoms with Crippen LogP contribution in [0, 0.1) is 11.7 Å². The van der Waals surface area contributed by atoms with Gasteiger partial charge in [0.25, 0.3) is 0 Å². The highest BCUT2D eigenvalue weighted by Gasteiger charge is 2.26. The van der Waals surface area contributed by atoms with E-state index in [2.05, 4.69) is 16.5 Å². The minimum atomic E-state index is -0.431. The Balaban J connectivity index is 2.14. The molecule has 1 aromatic heterocycles. The Hall–Kier alpha value is -0.800. The molecule has 0 N–H and O–H groups in total. The van der Waals surface area contributed by atoms with Gasteiger partial charge in [0, 0.05) is 12.1 Å². The molecule has 5 heteroatoms. The lowest BCUT2D eigenvalue weighted by molar-refractivity contribution is 0.289. The summed E-state index contributed by atoms with van der Waals surface area (Å²) in [4.78, 5) is 4.54. The van der Waals surface area contributed by atoms with Crippen molar-refractivity contribution in [2.75, 3.05) is 0 Å². The van der Waals surface area contributed by atoms with Crippen molar-refractivity contribution < 1.29 is 4.39 Å². The molecule has 0 amide bonds. The molecule has 3 rings (SSSR count). The van der Waals surface area contributed by atoms with E-state index in [1.165, 1.54) is 18.9 Å². The number of hydrogen-bond acceptors (Lipinski definition) is 1. The molecule has 0 radical (unpaired) electrons. The predicted molar refractivity (Wildman–Crippen MR) is 85.6 cm³/mol. The molecule has 2 nitrogen and oxygen atoms in total. The van der Waals surface area contributed by atoms with Crippen LogP contribution in [0.3, 0.4) is 0 Å². The van der Waals surface area contributed by atoms with Gasteiger partial charge < -0.3 is 4.57 Å². The molecule has 1 aliphatic rings. The average molecular weight is 329 g/mol. The van der Waals surface area contributed by atoms with E-state index < -0.39 is 5.82 Å². The molecule has 2 aromatic rings. The van der Waals surface area contributed by atoms with Gasteiger partial charge in [-0.05, 0) is 44.6 Å². The van der Waals surface area contributed by atoms with Crippen molar-refractivity contribution in [2.45, 2.75) is 50.9 Å². The summed E-state index contributed by atoms with van der Waals surface area (Å²) >= 11 is 12.3. The summed E-state index contributed by atoms with van der Waals surface area (Å²) in [7, 11) is 0. The van der Waals surface area contributed by atoms with E-state index in [1.807, 2.05) is 6.92 Å². The van der Waals surface area contributed by atoms with Crippen molar-refractivity contribution in [3.05, 3.63) is 28.8 Å². The van der Waals surface area contributed by atoms with Crippen LogP contribution >= 0.6 is 23.2 Å². The fourth-order valence-corrected chi connectivity index (χ4v) is 3.59. The summed E-state index contributed by atoms with van der Waals surface area (Å²) in [5, 5.41) is -0.0693. The van der Waals surface area contributed by atoms with Gasteiger partial charge in [-0.15, -0.1) is 11.6 Å². The Morgan fingerprint density at radius 3 is 2.57 bits per heavy atom. The predicted octanol–water partition coefficient (Wildman–Crippen LogP) is 5.88. The lowest BCUT2D eigenvalue weighted by Crippen LogP contribution is -2.19. The van der Waals surface area contributed by atoms with Crippen molar-refractivity contribution in [2.24, 2.45) is 5.92 Å². The van der Waals surface area contributed by atoms with E-state index in [9.17, 15) is 4.39 Å². The van der Waals surface area contributed by atoms with Crippen molar-refractivity contribution in [1.29, 1.82) is 0 Å². The first-order chi connectivity index (χ1) is 9.97. The monoisotopic (exact) mass is 328 g/mol. The first kappa shape index (κ1) is 15.1. The molecular weight excluding hydrogens is 310 g/mol. The van der Waals surface area contributed by atoms with Crippen LogP contribution < -0.4 is 0 Å². The lowest BCUT2D eigenvalue weighted by atomic mass is 9.87. The quantitative estimate of drug-likeness (QED) is 0.629. The van der Waals surface area contributed by atoms with E-state index in [1.54, 1.807) is 6.07 Å². The van der Waals surface area contributed by atoms with E-state index in [-0.39, 0.29) is 10.4 Å². The second-order valence-corrected chi connectivity index (χ2v) is 7.19. The number of fused-ring (bicyclic) bond motifs is 1. The van der Waals surface area contributed by atoms with Gasteiger partial charge in [0.2, 0.25) is 0 Å². The van der Waals surface area contributed by atoms with Crippen LogP contribution in [0.5, 0.6) is 0 Å². The Bertz CT molecular complexity index is 658. The summed E-state index contributed by atoms with van der Waals surface area (Å²) in [6, 6.07) is 3.46. The highest BCUT2D eigenvalue weighted by Crippen LogP contribution is 2.38. The zero-order chi connectivity index (χ0) is 15.1. The first-order valence-electron chi connectivity index (χ1n) is 7.48. The molecule has 21 heavy (non-hydrogen) atoms. The van der Waals surface area contributed by atoms with Crippen LogP contribution in [0.25, 0.3) is 11.0 Å². The summed E-state index contributed by atoms with van der Waals surface area (Å²) < 4.78 is 15.9. The largest absolute Gasteiger partial charge is 0.324 e. The van der Waals surface area contributed by atoms with Gasteiger partial charge in [-0.2, -0.15) is 0 Å². The minimum absolute atomic E-state index is 0.140. The molecule has 1 fully saturated rings. The second-order valence-electron chi connectivity index (χ2n) is 6.12. The van der Waals surface area contributed by atoms with Gasteiger partial charge in [0.1, 0.15) is 11.6 Å². The Morgan fingerprint density at radius 2 is 1.95 bits per heavy atom. The number of nitrogens with zero attached hydrogens (tertiary/aromatic N) is 2. The second kappa shape index (κ2) is 5.77. The van der Waals surface area contributed by atoms with Gasteiger partial charge >= 0.3 is 0 Å². The Labute approximate surface area is 134 Å². The minimum Gasteiger partial charge on any atom is -0.324 e. The van der Waals surface area contributed by atoms with Crippen molar-refractivity contribution in [1.82, 2.24) is 9.55 Å². The zero-order valence-electron chi connectivity index (χ0n) is 12.2. The summed E-state index contributed by atoms with van der Waals surface area (Å²) in [5.41, 5.74) is 1.53. The molecule has 1 atom stereocenters. The fraction of sp³-hybridized carbons (Fsp3) is 0.562. The van der Waals surface area contributed by atoms with Crippen LogP contribution in [-0.4, -0.2) is 9.55 Å². The van der Waals surface area contributed by atoms with E-state index in [4.69, 9.17) is 23.2 Å². The highest BCUT2D eigenvalue weighted by atomic mass is 35.5. The molecule has 1 heterocycles. The summed E-state index contributed by atoms with van der Waals surface area (Å²) in [5.74, 6) is 1.15. The Morgan fingerprint density at radius 1 is 1.29 bits per heavy atom. The van der Waals surface area contributed by atoms with Gasteiger partial charge in [-0.25, -0.2) is 9.37 Å². The van der Waals surface area contributed by atoms with Crippen LogP contribution in [0.4, 0.5) is 4.39 Å². The third-order valence-corrected chi connectivity index (χ3v) is 4.95. The number of halogens is 3. The highest BCUT2D eigenvalue weighted by molar-refractivity contribution is 6.31. The van der Waals surface area contributed by atoms with Crippen LogP contribution in [-0.2, 0) is 0 Å². The van der Waals surface area contributed by atoms with E-state index >= 15 is 0 Å². The van der Waals surface area contributed by atoms with Gasteiger partial charge in [-0.3, -0.25) is 0 Å². The molecule has 0 saturated heterocycles. The smallest absolute Gasteiger partial charge is 0.144 e. The SMILES string of the molecule is CC1CCC(n2c(C(C)Cl)nc3cc(F)c(Cl)cc32)CC1. The zero-order valence-corrected chi connectivity index (χ0v) is 13.8. The van der Waals surface area contributed by atoms with Crippen LogP contribution in [0.2, 0.25) is 5.02 Å². The molecule has 1 saturated carbocycles. The Kier molecular flexibility index (Phi) is 4.15. The fourth-order valence-electron chi connectivity index (χ4n) is 3.27. The van der Waals surface area contributed by atoms with Crippen LogP contribution in [0.1, 0.15) is 56.8 Å². The van der Waals surface area contributed by atoms with Crippen molar-refractivity contribution >= 4 is 34.2 Å². The third kappa shape index (κ3) is 2.78. The maximum atomic E-state index is 13.7. The van der Waals surface area contributed by atoms with Gasteiger partial charge in [0.15, 0.2) is 0 Å². The molecule has 0 spiro atoms. The van der Waals surface area contributed by atoms with Gasteiger partial charge in [0.05, 0.1) is 21.4 Å². The van der Waals surface area contributed by atoms with Gasteiger partial charge in [-0.1, -0.05) is 18.5 Å². The normalized spacial score (nSPS) is 24.4. The number of benzene rings is 1. The molecule has 1 unspecified atom stereocenters. The van der Waals surface area contributed by atoms with E-state index in [0.29, 0.717) is 11.6 Å². The standard InChI is InChI=1S/C16H19Cl2FN2/c1-9-3-5-11(6-4-9)21-15-7-12(18)13(19)8-14(15)20-16(21)10(2)17/h7-11H,3-6H2,1-2H3.